The molecular formula is C39H48F3N7O4. The zero-order valence-electron chi connectivity index (χ0n) is 31.3. The Morgan fingerprint density at radius 3 is 2.49 bits per heavy atom. The van der Waals surface area contributed by atoms with E-state index in [1.807, 2.05) is 45.9 Å². The van der Waals surface area contributed by atoms with E-state index in [4.69, 9.17) is 24.2 Å². The molecule has 5 heterocycles. The monoisotopic (exact) mass is 735 g/mol. The van der Waals surface area contributed by atoms with Crippen molar-refractivity contribution < 1.29 is 32.2 Å². The van der Waals surface area contributed by atoms with Gasteiger partial charge in [-0.3, -0.25) is 5.10 Å². The lowest BCUT2D eigenvalue weighted by atomic mass is 9.72. The van der Waals surface area contributed by atoms with E-state index >= 15 is 0 Å². The lowest BCUT2D eigenvalue weighted by molar-refractivity contribution is -0.153. The third-order valence-electron chi connectivity index (χ3n) is 10.7. The molecule has 1 amide bonds. The van der Waals surface area contributed by atoms with E-state index < -0.39 is 18.4 Å². The molecule has 11 nitrogen and oxygen atoms in total. The van der Waals surface area contributed by atoms with Crippen LogP contribution in [0.1, 0.15) is 58.1 Å². The predicted octanol–water partition coefficient (Wildman–Crippen LogP) is 7.62. The maximum Gasteiger partial charge on any atom is 0.422 e. The molecule has 1 N–H and O–H groups in total. The summed E-state index contributed by atoms with van der Waals surface area (Å²) in [6, 6.07) is 5.78. The van der Waals surface area contributed by atoms with Gasteiger partial charge in [0.05, 0.1) is 11.7 Å². The van der Waals surface area contributed by atoms with Crippen molar-refractivity contribution in [3.8, 4) is 22.9 Å². The van der Waals surface area contributed by atoms with E-state index in [1.165, 1.54) is 0 Å². The van der Waals surface area contributed by atoms with E-state index in [2.05, 4.69) is 40.5 Å². The smallest absolute Gasteiger partial charge is 0.422 e. The van der Waals surface area contributed by atoms with Crippen molar-refractivity contribution in [1.29, 1.82) is 0 Å². The lowest BCUT2D eigenvalue weighted by Gasteiger charge is -2.53. The minimum atomic E-state index is -4.61. The summed E-state index contributed by atoms with van der Waals surface area (Å²) in [5.41, 5.74) is 2.88. The molecular weight excluding hydrogens is 687 g/mol. The minimum Gasteiger partial charge on any atom is -0.481 e. The van der Waals surface area contributed by atoms with E-state index in [0.717, 1.165) is 48.8 Å². The van der Waals surface area contributed by atoms with Crippen molar-refractivity contribution in [3.05, 3.63) is 42.1 Å². The van der Waals surface area contributed by atoms with Crippen LogP contribution < -0.4 is 14.4 Å². The number of hydrogen-bond acceptors (Lipinski definition) is 9. The van der Waals surface area contributed by atoms with Crippen molar-refractivity contribution in [2.75, 3.05) is 57.8 Å². The Bertz CT molecular complexity index is 2030. The van der Waals surface area contributed by atoms with Crippen LogP contribution in [0, 0.1) is 18.3 Å². The second-order valence-electron chi connectivity index (χ2n) is 16.1. The normalized spacial score (nSPS) is 20.8. The highest BCUT2D eigenvalue weighted by molar-refractivity contribution is 6.07. The van der Waals surface area contributed by atoms with Gasteiger partial charge in [-0.1, -0.05) is 25.6 Å². The number of piperidine rings is 2. The molecule has 2 atom stereocenters. The highest BCUT2D eigenvalue weighted by atomic mass is 19.4. The summed E-state index contributed by atoms with van der Waals surface area (Å²) in [5, 5.41) is 8.48. The summed E-state index contributed by atoms with van der Waals surface area (Å²) < 4.78 is 59.9. The second-order valence-corrected chi connectivity index (χ2v) is 16.1. The molecule has 3 saturated heterocycles. The number of fused-ring (bicyclic) bond motifs is 2. The quantitative estimate of drug-likeness (QED) is 0.205. The van der Waals surface area contributed by atoms with Crippen LogP contribution in [0.15, 0.2) is 31.0 Å². The molecule has 3 aliphatic heterocycles. The Kier molecular flexibility index (Phi) is 9.48. The van der Waals surface area contributed by atoms with Gasteiger partial charge in [-0.15, -0.1) is 0 Å². The van der Waals surface area contributed by atoms with Crippen molar-refractivity contribution in [1.82, 2.24) is 30.0 Å². The van der Waals surface area contributed by atoms with Crippen LogP contribution in [0.5, 0.6) is 11.8 Å². The molecule has 14 heteroatoms. The fraction of sp³-hybridized carbons (Fsp3) is 0.538. The Morgan fingerprint density at radius 1 is 1.09 bits per heavy atom. The Hall–Kier alpha value is -4.59. The summed E-state index contributed by atoms with van der Waals surface area (Å²) >= 11 is 0. The van der Waals surface area contributed by atoms with Crippen LogP contribution in [0.4, 0.5) is 23.8 Å². The predicted molar refractivity (Wildman–Crippen MR) is 198 cm³/mol. The number of rotatable bonds is 7. The highest BCUT2D eigenvalue weighted by Crippen LogP contribution is 2.48. The van der Waals surface area contributed by atoms with E-state index in [9.17, 15) is 18.0 Å². The molecule has 0 saturated carbocycles. The molecule has 1 spiro atoms. The van der Waals surface area contributed by atoms with Crippen LogP contribution in [-0.2, 0) is 4.74 Å². The number of amides is 1. The van der Waals surface area contributed by atoms with E-state index in [0.29, 0.717) is 54.1 Å². The van der Waals surface area contributed by atoms with Gasteiger partial charge < -0.3 is 28.9 Å². The van der Waals surface area contributed by atoms with Crippen LogP contribution in [0.25, 0.3) is 39.0 Å². The maximum atomic E-state index is 14.0. The molecule has 2 aromatic carbocycles. The van der Waals surface area contributed by atoms with Crippen LogP contribution in [-0.4, -0.2) is 107 Å². The van der Waals surface area contributed by atoms with Gasteiger partial charge in [0.25, 0.3) is 0 Å². The summed E-state index contributed by atoms with van der Waals surface area (Å²) in [6.07, 6.45) is 0.553. The van der Waals surface area contributed by atoms with Gasteiger partial charge in [0.2, 0.25) is 0 Å². The number of carbonyl (C=O) groups is 1. The first-order chi connectivity index (χ1) is 25.0. The third-order valence-corrected chi connectivity index (χ3v) is 10.7. The number of benzene rings is 2. The Balaban J connectivity index is 1.33. The van der Waals surface area contributed by atoms with Gasteiger partial charge in [-0.25, -0.2) is 4.79 Å². The number of halogens is 3. The minimum absolute atomic E-state index is 0.0167. The number of H-pyrrole nitrogens is 1. The lowest BCUT2D eigenvalue weighted by Crippen LogP contribution is -2.62. The number of nitrogens with zero attached hydrogens (tertiary/aromatic N) is 6. The van der Waals surface area contributed by atoms with Gasteiger partial charge in [-0.2, -0.15) is 28.2 Å². The standard InChI is InChI=1S/C39H48F3N7O4/c1-8-25-17-26-32(33(51-22-39(40,41)42)31(25)30-23(2)9-10-28-27(30)18-43-46-28)44-35(52-29-11-14-47(7)19-24(29)3)45-34(26)48-15-12-38(13-16-48)20-49(21-38)36(50)53-37(4,5)6/h8-10,17-18,24,29H,1,11-16,19-22H2,2-7H3,(H,43,46). The number of carbonyl (C=O) groups excluding carboxylic acids is 1. The molecule has 53 heavy (non-hydrogen) atoms. The number of nitrogens with one attached hydrogen (secondary N) is 1. The van der Waals surface area contributed by atoms with Crippen molar-refractivity contribution in [2.24, 2.45) is 11.3 Å². The van der Waals surface area contributed by atoms with Crippen molar-refractivity contribution >= 4 is 39.8 Å². The van der Waals surface area contributed by atoms with Crippen molar-refractivity contribution in [2.45, 2.75) is 71.8 Å². The van der Waals surface area contributed by atoms with Gasteiger partial charge in [0, 0.05) is 66.9 Å². The number of alkyl halides is 3. The van der Waals surface area contributed by atoms with Gasteiger partial charge in [0.1, 0.15) is 23.0 Å². The van der Waals surface area contributed by atoms with E-state index in [-0.39, 0.29) is 40.8 Å². The molecule has 7 rings (SSSR count). The van der Waals surface area contributed by atoms with Crippen molar-refractivity contribution in [3.63, 3.8) is 0 Å². The summed E-state index contributed by atoms with van der Waals surface area (Å²) in [6.45, 7) is 16.3. The summed E-state index contributed by atoms with van der Waals surface area (Å²) in [5.74, 6) is 0.726. The zero-order valence-corrected chi connectivity index (χ0v) is 31.3. The van der Waals surface area contributed by atoms with Gasteiger partial charge >= 0.3 is 18.3 Å². The first-order valence-electron chi connectivity index (χ1n) is 18.2. The first-order valence-corrected chi connectivity index (χ1v) is 18.2. The summed E-state index contributed by atoms with van der Waals surface area (Å²) in [4.78, 5) is 28.7. The molecule has 3 fully saturated rings. The Labute approximate surface area is 307 Å². The molecule has 4 aromatic rings. The van der Waals surface area contributed by atoms with Crippen LogP contribution >= 0.6 is 0 Å². The number of ether oxygens (including phenoxy) is 3. The Morgan fingerprint density at radius 2 is 1.83 bits per heavy atom. The maximum absolute atomic E-state index is 14.0. The first kappa shape index (κ1) is 36.8. The SMILES string of the molecule is C=Cc1cc2c(N3CCC4(CC3)CN(C(=O)OC(C)(C)C)C4)nc(OC3CCN(C)CC3C)nc2c(OCC(F)(F)F)c1-c1c(C)ccc2[nH]ncc12. The number of aromatic nitrogens is 4. The second kappa shape index (κ2) is 13.7. The molecule has 3 aliphatic rings. The fourth-order valence-corrected chi connectivity index (χ4v) is 8.06. The largest absolute Gasteiger partial charge is 0.481 e. The zero-order chi connectivity index (χ0) is 37.9. The third kappa shape index (κ3) is 7.47. The number of aryl methyl sites for hydroxylation is 1. The molecule has 2 aromatic heterocycles. The molecule has 0 radical (unpaired) electrons. The molecule has 2 unspecified atom stereocenters. The van der Waals surface area contributed by atoms with Crippen LogP contribution in [0.3, 0.4) is 0 Å². The number of likely N-dealkylation sites (tertiary alicyclic amines) is 2. The van der Waals surface area contributed by atoms with Gasteiger partial charge in [-0.05, 0) is 82.8 Å². The number of aromatic amines is 1. The van der Waals surface area contributed by atoms with E-state index in [1.54, 1.807) is 17.2 Å². The fourth-order valence-electron chi connectivity index (χ4n) is 8.06. The van der Waals surface area contributed by atoms with Crippen LogP contribution in [0.2, 0.25) is 0 Å². The number of hydrogen-bond donors (Lipinski definition) is 1. The molecule has 284 valence electrons. The average Bonchev–Trinajstić information content (AvgIpc) is 3.55. The number of anilines is 1. The van der Waals surface area contributed by atoms with Gasteiger partial charge in [0.15, 0.2) is 12.4 Å². The molecule has 0 bridgehead atoms. The topological polar surface area (TPSA) is 109 Å². The highest BCUT2D eigenvalue weighted by Gasteiger charge is 2.48. The average molecular weight is 736 g/mol. The molecule has 0 aliphatic carbocycles. The summed E-state index contributed by atoms with van der Waals surface area (Å²) in [7, 11) is 2.07.